The first-order chi connectivity index (χ1) is 11.1. The van der Waals surface area contributed by atoms with Crippen molar-refractivity contribution in [2.24, 2.45) is 0 Å². The van der Waals surface area contributed by atoms with E-state index in [4.69, 9.17) is 0 Å². The number of rotatable bonds is 4. The zero-order valence-electron chi connectivity index (χ0n) is 11.9. The molecule has 2 aromatic heterocycles. The van der Waals surface area contributed by atoms with Crippen LogP contribution in [0.4, 0.5) is 5.69 Å². The van der Waals surface area contributed by atoms with E-state index in [1.807, 2.05) is 29.6 Å². The number of aromatic nitrogens is 2. The van der Waals surface area contributed by atoms with Crippen molar-refractivity contribution in [3.05, 3.63) is 69.0 Å². The van der Waals surface area contributed by atoms with E-state index in [1.165, 1.54) is 28.3 Å². The summed E-state index contributed by atoms with van der Waals surface area (Å²) < 4.78 is 2.15. The quantitative estimate of drug-likeness (QED) is 0.743. The van der Waals surface area contributed by atoms with Crippen molar-refractivity contribution >= 4 is 38.9 Å². The van der Waals surface area contributed by atoms with Crippen LogP contribution in [0, 0.1) is 0 Å². The minimum Gasteiger partial charge on any atom is -0.324 e. The Balaban J connectivity index is 1.73. The molecule has 23 heavy (non-hydrogen) atoms. The van der Waals surface area contributed by atoms with Crippen molar-refractivity contribution in [2.75, 3.05) is 5.32 Å². The van der Waals surface area contributed by atoms with Gasteiger partial charge in [0.25, 0.3) is 5.56 Å². The highest BCUT2D eigenvalue weighted by molar-refractivity contribution is 9.10. The van der Waals surface area contributed by atoms with Gasteiger partial charge in [0.15, 0.2) is 0 Å². The summed E-state index contributed by atoms with van der Waals surface area (Å²) in [5, 5.41) is 4.67. The molecule has 3 rings (SSSR count). The minimum atomic E-state index is -0.282. The number of benzene rings is 1. The number of halogens is 1. The minimum absolute atomic E-state index is 0.0803. The molecule has 0 bridgehead atoms. The molecule has 0 saturated carbocycles. The van der Waals surface area contributed by atoms with E-state index in [1.54, 1.807) is 12.1 Å². The Morgan fingerprint density at radius 1 is 1.26 bits per heavy atom. The van der Waals surface area contributed by atoms with Crippen LogP contribution in [0.2, 0.25) is 0 Å². The summed E-state index contributed by atoms with van der Waals surface area (Å²) >= 11 is 4.86. The van der Waals surface area contributed by atoms with Crippen LogP contribution < -0.4 is 10.9 Å². The maximum atomic E-state index is 12.1. The van der Waals surface area contributed by atoms with E-state index in [9.17, 15) is 9.59 Å². The molecule has 116 valence electrons. The van der Waals surface area contributed by atoms with Crippen molar-refractivity contribution in [3.8, 4) is 10.6 Å². The molecule has 1 amide bonds. The third kappa shape index (κ3) is 3.94. The molecular formula is C16H12BrN3O2S. The number of anilines is 1. The number of hydrogen-bond donors (Lipinski definition) is 1. The first kappa shape index (κ1) is 15.6. The number of thiophene rings is 1. The van der Waals surface area contributed by atoms with E-state index in [0.29, 0.717) is 11.4 Å². The molecule has 0 fully saturated rings. The van der Waals surface area contributed by atoms with Crippen LogP contribution in [-0.4, -0.2) is 15.5 Å². The standard InChI is InChI=1S/C16H12BrN3O2S/c17-11-3-1-4-12(7-11)19-15(21)9-20-10-18-13(8-16(20)22)14-5-2-6-23-14/h1-8,10H,9H2,(H,19,21). The predicted molar refractivity (Wildman–Crippen MR) is 94.6 cm³/mol. The zero-order valence-corrected chi connectivity index (χ0v) is 14.3. The highest BCUT2D eigenvalue weighted by Crippen LogP contribution is 2.20. The van der Waals surface area contributed by atoms with Gasteiger partial charge in [-0.05, 0) is 29.6 Å². The lowest BCUT2D eigenvalue weighted by atomic mass is 10.3. The molecule has 5 nitrogen and oxygen atoms in total. The Bertz CT molecular complexity index is 890. The lowest BCUT2D eigenvalue weighted by molar-refractivity contribution is -0.116. The van der Waals surface area contributed by atoms with Gasteiger partial charge in [-0.3, -0.25) is 14.2 Å². The molecule has 0 unspecified atom stereocenters. The molecular weight excluding hydrogens is 378 g/mol. The highest BCUT2D eigenvalue weighted by atomic mass is 79.9. The normalized spacial score (nSPS) is 10.5. The second-order valence-electron chi connectivity index (χ2n) is 4.78. The SMILES string of the molecule is O=C(Cn1cnc(-c2cccs2)cc1=O)Nc1cccc(Br)c1. The number of carbonyl (C=O) groups is 1. The summed E-state index contributed by atoms with van der Waals surface area (Å²) in [6.45, 7) is -0.0803. The summed E-state index contributed by atoms with van der Waals surface area (Å²) in [6, 6.07) is 12.5. The van der Waals surface area contributed by atoms with Gasteiger partial charge in [0.05, 0.1) is 16.9 Å². The molecule has 7 heteroatoms. The number of nitrogens with zero attached hydrogens (tertiary/aromatic N) is 2. The van der Waals surface area contributed by atoms with Gasteiger partial charge >= 0.3 is 0 Å². The molecule has 0 aliphatic carbocycles. The smallest absolute Gasteiger partial charge is 0.254 e. The average Bonchev–Trinajstić information content (AvgIpc) is 3.03. The predicted octanol–water partition coefficient (Wildman–Crippen LogP) is 3.37. The lowest BCUT2D eigenvalue weighted by Crippen LogP contribution is -2.27. The third-order valence-electron chi connectivity index (χ3n) is 3.08. The Kier molecular flexibility index (Phi) is 4.68. The van der Waals surface area contributed by atoms with Crippen molar-refractivity contribution in [1.82, 2.24) is 9.55 Å². The van der Waals surface area contributed by atoms with Gasteiger partial charge in [-0.1, -0.05) is 28.1 Å². The summed E-state index contributed by atoms with van der Waals surface area (Å²) in [4.78, 5) is 29.3. The number of carbonyl (C=O) groups excluding carboxylic acids is 1. The van der Waals surface area contributed by atoms with Crippen LogP contribution >= 0.6 is 27.3 Å². The summed E-state index contributed by atoms with van der Waals surface area (Å²) in [5.41, 5.74) is 1.03. The fourth-order valence-electron chi connectivity index (χ4n) is 2.03. The van der Waals surface area contributed by atoms with E-state index >= 15 is 0 Å². The molecule has 0 atom stereocenters. The first-order valence-electron chi connectivity index (χ1n) is 6.77. The van der Waals surface area contributed by atoms with Gasteiger partial charge in [-0.2, -0.15) is 0 Å². The van der Waals surface area contributed by atoms with E-state index < -0.39 is 0 Å². The fraction of sp³-hybridized carbons (Fsp3) is 0.0625. The molecule has 0 aliphatic heterocycles. The first-order valence-corrected chi connectivity index (χ1v) is 8.45. The second-order valence-corrected chi connectivity index (χ2v) is 6.64. The zero-order chi connectivity index (χ0) is 16.2. The maximum absolute atomic E-state index is 12.1. The van der Waals surface area contributed by atoms with E-state index in [2.05, 4.69) is 26.2 Å². The summed E-state index contributed by atoms with van der Waals surface area (Å²) in [6.07, 6.45) is 1.40. The van der Waals surface area contributed by atoms with Crippen molar-refractivity contribution in [1.29, 1.82) is 0 Å². The van der Waals surface area contributed by atoms with Crippen molar-refractivity contribution in [2.45, 2.75) is 6.54 Å². The Hall–Kier alpha value is -2.25. The van der Waals surface area contributed by atoms with Crippen LogP contribution in [-0.2, 0) is 11.3 Å². The third-order valence-corrected chi connectivity index (χ3v) is 4.46. The molecule has 2 heterocycles. The maximum Gasteiger partial charge on any atom is 0.254 e. The van der Waals surface area contributed by atoms with E-state index in [-0.39, 0.29) is 18.0 Å². The number of amides is 1. The number of hydrogen-bond acceptors (Lipinski definition) is 4. The average molecular weight is 390 g/mol. The van der Waals surface area contributed by atoms with Crippen LogP contribution in [0.25, 0.3) is 10.6 Å². The second kappa shape index (κ2) is 6.89. The van der Waals surface area contributed by atoms with Crippen LogP contribution in [0.15, 0.2) is 63.4 Å². The van der Waals surface area contributed by atoms with Gasteiger partial charge in [0, 0.05) is 16.2 Å². The Labute approximate surface area is 144 Å². The van der Waals surface area contributed by atoms with Crippen LogP contribution in [0.3, 0.4) is 0 Å². The molecule has 0 radical (unpaired) electrons. The molecule has 0 spiro atoms. The largest absolute Gasteiger partial charge is 0.324 e. The summed E-state index contributed by atoms with van der Waals surface area (Å²) in [5.74, 6) is -0.282. The molecule has 1 aromatic carbocycles. The van der Waals surface area contributed by atoms with Gasteiger partial charge < -0.3 is 5.32 Å². The lowest BCUT2D eigenvalue weighted by Gasteiger charge is -2.08. The molecule has 1 N–H and O–H groups in total. The van der Waals surface area contributed by atoms with Crippen molar-refractivity contribution < 1.29 is 4.79 Å². The highest BCUT2D eigenvalue weighted by Gasteiger charge is 2.08. The van der Waals surface area contributed by atoms with Gasteiger partial charge in [-0.25, -0.2) is 4.98 Å². The van der Waals surface area contributed by atoms with Crippen LogP contribution in [0.1, 0.15) is 0 Å². The molecule has 0 aliphatic rings. The van der Waals surface area contributed by atoms with E-state index in [0.717, 1.165) is 9.35 Å². The Morgan fingerprint density at radius 3 is 2.83 bits per heavy atom. The molecule has 0 saturated heterocycles. The summed E-state index contributed by atoms with van der Waals surface area (Å²) in [7, 11) is 0. The van der Waals surface area contributed by atoms with Gasteiger partial charge in [0.2, 0.25) is 5.91 Å². The Morgan fingerprint density at radius 2 is 2.13 bits per heavy atom. The van der Waals surface area contributed by atoms with Gasteiger partial charge in [0.1, 0.15) is 6.54 Å². The van der Waals surface area contributed by atoms with Crippen LogP contribution in [0.5, 0.6) is 0 Å². The fourth-order valence-corrected chi connectivity index (χ4v) is 3.12. The molecule has 3 aromatic rings. The number of nitrogens with one attached hydrogen (secondary N) is 1. The monoisotopic (exact) mass is 389 g/mol. The van der Waals surface area contributed by atoms with Crippen molar-refractivity contribution in [3.63, 3.8) is 0 Å². The van der Waals surface area contributed by atoms with Gasteiger partial charge in [-0.15, -0.1) is 11.3 Å². The topological polar surface area (TPSA) is 64.0 Å².